The topological polar surface area (TPSA) is 65.3 Å². The smallest absolute Gasteiger partial charge is 0.0788 e. The van der Waals surface area contributed by atoms with E-state index >= 15 is 0 Å². The van der Waals surface area contributed by atoms with Crippen LogP contribution in [0.3, 0.4) is 0 Å². The Morgan fingerprint density at radius 3 is 3.00 bits per heavy atom. The van der Waals surface area contributed by atoms with Crippen LogP contribution in [0.25, 0.3) is 0 Å². The Morgan fingerprint density at radius 2 is 2.43 bits per heavy atom. The summed E-state index contributed by atoms with van der Waals surface area (Å²) in [5.41, 5.74) is 6.55. The first-order valence-corrected chi connectivity index (χ1v) is 4.91. The van der Waals surface area contributed by atoms with Crippen molar-refractivity contribution in [2.75, 3.05) is 26.7 Å². The first-order chi connectivity index (χ1) is 6.72. The van der Waals surface area contributed by atoms with Crippen molar-refractivity contribution in [3.8, 4) is 0 Å². The molecule has 1 atom stereocenters. The second-order valence-corrected chi connectivity index (χ2v) is 3.60. The van der Waals surface area contributed by atoms with Crippen LogP contribution in [0.15, 0.2) is 18.3 Å². The number of H-pyrrole nitrogens is 1. The largest absolute Gasteiger partial charge is 0.390 e. The van der Waals surface area contributed by atoms with Gasteiger partial charge in [0, 0.05) is 37.9 Å². The summed E-state index contributed by atoms with van der Waals surface area (Å²) in [6, 6.07) is 4.05. The Labute approximate surface area is 84.7 Å². The fourth-order valence-corrected chi connectivity index (χ4v) is 1.36. The van der Waals surface area contributed by atoms with Crippen LogP contribution < -0.4 is 5.73 Å². The molecule has 0 bridgehead atoms. The summed E-state index contributed by atoms with van der Waals surface area (Å²) < 4.78 is 0. The highest BCUT2D eigenvalue weighted by Gasteiger charge is 2.05. The molecule has 4 nitrogen and oxygen atoms in total. The number of aliphatic hydroxyl groups is 1. The molecular formula is C10H19N3O. The Bertz CT molecular complexity index is 236. The number of nitrogens with two attached hydrogens (primary N) is 1. The predicted molar refractivity (Wildman–Crippen MR) is 57.1 cm³/mol. The first-order valence-electron chi connectivity index (χ1n) is 4.91. The van der Waals surface area contributed by atoms with Crippen molar-refractivity contribution in [3.05, 3.63) is 24.0 Å². The molecule has 1 unspecified atom stereocenters. The summed E-state index contributed by atoms with van der Waals surface area (Å²) in [6.07, 6.45) is 2.48. The van der Waals surface area contributed by atoms with Gasteiger partial charge in [0.05, 0.1) is 6.10 Å². The number of aliphatic hydroxyl groups excluding tert-OH is 1. The van der Waals surface area contributed by atoms with E-state index in [0.29, 0.717) is 13.1 Å². The monoisotopic (exact) mass is 197 g/mol. The van der Waals surface area contributed by atoms with Gasteiger partial charge in [-0.25, -0.2) is 0 Å². The highest BCUT2D eigenvalue weighted by Crippen LogP contribution is 1.97. The first kappa shape index (κ1) is 11.2. The molecule has 0 saturated carbocycles. The van der Waals surface area contributed by atoms with E-state index in [2.05, 4.69) is 16.0 Å². The van der Waals surface area contributed by atoms with Crippen molar-refractivity contribution in [1.29, 1.82) is 0 Å². The van der Waals surface area contributed by atoms with Crippen LogP contribution in [0.2, 0.25) is 0 Å². The number of hydrogen-bond acceptors (Lipinski definition) is 3. The zero-order chi connectivity index (χ0) is 10.4. The number of likely N-dealkylation sites (N-methyl/N-ethyl adjacent to an activating group) is 1. The summed E-state index contributed by atoms with van der Waals surface area (Å²) in [7, 11) is 1.99. The molecule has 0 saturated heterocycles. The molecule has 0 radical (unpaired) electrons. The molecule has 0 spiro atoms. The highest BCUT2D eigenvalue weighted by molar-refractivity contribution is 5.03. The van der Waals surface area contributed by atoms with Crippen molar-refractivity contribution in [3.63, 3.8) is 0 Å². The molecule has 1 aromatic heterocycles. The lowest BCUT2D eigenvalue weighted by Crippen LogP contribution is -2.35. The molecule has 1 aromatic rings. The fraction of sp³-hybridized carbons (Fsp3) is 0.600. The van der Waals surface area contributed by atoms with Gasteiger partial charge in [-0.1, -0.05) is 0 Å². The maximum Gasteiger partial charge on any atom is 0.0788 e. The summed E-state index contributed by atoms with van der Waals surface area (Å²) in [6.45, 7) is 1.89. The van der Waals surface area contributed by atoms with Crippen molar-refractivity contribution < 1.29 is 5.11 Å². The highest BCUT2D eigenvalue weighted by atomic mass is 16.3. The van der Waals surface area contributed by atoms with Gasteiger partial charge in [-0.3, -0.25) is 0 Å². The quantitative estimate of drug-likeness (QED) is 0.592. The average Bonchev–Trinajstić information content (AvgIpc) is 2.67. The molecule has 14 heavy (non-hydrogen) atoms. The minimum absolute atomic E-state index is 0.326. The van der Waals surface area contributed by atoms with Crippen molar-refractivity contribution in [1.82, 2.24) is 9.88 Å². The molecule has 1 heterocycles. The van der Waals surface area contributed by atoms with E-state index in [4.69, 9.17) is 5.73 Å². The third kappa shape index (κ3) is 3.91. The Hall–Kier alpha value is -0.840. The SMILES string of the molecule is CN(CCc1ccc[nH]1)CC(O)CN. The molecule has 0 fully saturated rings. The maximum atomic E-state index is 9.31. The van der Waals surface area contributed by atoms with E-state index in [1.165, 1.54) is 5.69 Å². The van der Waals surface area contributed by atoms with Gasteiger partial charge in [-0.15, -0.1) is 0 Å². The summed E-state index contributed by atoms with van der Waals surface area (Å²) >= 11 is 0. The standard InChI is InChI=1S/C10H19N3O/c1-13(8-10(14)7-11)6-4-9-3-2-5-12-9/h2-3,5,10,12,14H,4,6-8,11H2,1H3. The molecule has 4 heteroatoms. The molecule has 0 aliphatic carbocycles. The van der Waals surface area contributed by atoms with Crippen LogP contribution in [0.1, 0.15) is 5.69 Å². The third-order valence-corrected chi connectivity index (χ3v) is 2.22. The van der Waals surface area contributed by atoms with Crippen LogP contribution >= 0.6 is 0 Å². The van der Waals surface area contributed by atoms with E-state index in [0.717, 1.165) is 13.0 Å². The number of rotatable bonds is 6. The van der Waals surface area contributed by atoms with Crippen molar-refractivity contribution >= 4 is 0 Å². The third-order valence-electron chi connectivity index (χ3n) is 2.22. The van der Waals surface area contributed by atoms with Crippen LogP contribution in [0.5, 0.6) is 0 Å². The van der Waals surface area contributed by atoms with Gasteiger partial charge in [-0.2, -0.15) is 0 Å². The van der Waals surface area contributed by atoms with Gasteiger partial charge >= 0.3 is 0 Å². The second kappa shape index (κ2) is 5.80. The molecule has 0 aliphatic heterocycles. The summed E-state index contributed by atoms with van der Waals surface area (Å²) in [4.78, 5) is 5.23. The zero-order valence-electron chi connectivity index (χ0n) is 8.61. The molecule has 0 aliphatic rings. The second-order valence-electron chi connectivity index (χ2n) is 3.60. The number of nitrogens with one attached hydrogen (secondary N) is 1. The fourth-order valence-electron chi connectivity index (χ4n) is 1.36. The van der Waals surface area contributed by atoms with Crippen LogP contribution in [-0.4, -0.2) is 47.8 Å². The molecule has 1 rings (SSSR count). The summed E-state index contributed by atoms with van der Waals surface area (Å²) in [5, 5.41) is 9.31. The number of aromatic nitrogens is 1. The molecule has 0 aromatic carbocycles. The predicted octanol–water partition coefficient (Wildman–Crippen LogP) is -0.191. The van der Waals surface area contributed by atoms with E-state index in [1.54, 1.807) is 0 Å². The van der Waals surface area contributed by atoms with Crippen LogP contribution in [0.4, 0.5) is 0 Å². The minimum atomic E-state index is -0.413. The lowest BCUT2D eigenvalue weighted by atomic mass is 10.3. The Morgan fingerprint density at radius 1 is 1.64 bits per heavy atom. The number of aromatic amines is 1. The Balaban J connectivity index is 2.18. The van der Waals surface area contributed by atoms with Gasteiger partial charge in [0.2, 0.25) is 0 Å². The van der Waals surface area contributed by atoms with Crippen molar-refractivity contribution in [2.24, 2.45) is 5.73 Å². The van der Waals surface area contributed by atoms with Gasteiger partial charge < -0.3 is 20.7 Å². The summed E-state index contributed by atoms with van der Waals surface area (Å²) in [5.74, 6) is 0. The molecule has 4 N–H and O–H groups in total. The zero-order valence-corrected chi connectivity index (χ0v) is 8.61. The number of hydrogen-bond donors (Lipinski definition) is 3. The normalized spacial score (nSPS) is 13.4. The maximum absolute atomic E-state index is 9.31. The number of nitrogens with zero attached hydrogens (tertiary/aromatic N) is 1. The minimum Gasteiger partial charge on any atom is -0.390 e. The van der Waals surface area contributed by atoms with E-state index in [9.17, 15) is 5.11 Å². The Kier molecular flexibility index (Phi) is 4.65. The van der Waals surface area contributed by atoms with Gasteiger partial charge in [0.15, 0.2) is 0 Å². The lowest BCUT2D eigenvalue weighted by molar-refractivity contribution is 0.133. The molecule has 0 amide bonds. The molecule has 80 valence electrons. The van der Waals surface area contributed by atoms with E-state index < -0.39 is 6.10 Å². The van der Waals surface area contributed by atoms with Crippen LogP contribution in [-0.2, 0) is 6.42 Å². The molecular weight excluding hydrogens is 178 g/mol. The van der Waals surface area contributed by atoms with E-state index in [1.807, 2.05) is 19.3 Å². The van der Waals surface area contributed by atoms with E-state index in [-0.39, 0.29) is 0 Å². The van der Waals surface area contributed by atoms with Gasteiger partial charge in [0.25, 0.3) is 0 Å². The van der Waals surface area contributed by atoms with Crippen LogP contribution in [0, 0.1) is 0 Å². The van der Waals surface area contributed by atoms with Gasteiger partial charge in [-0.05, 0) is 19.2 Å². The lowest BCUT2D eigenvalue weighted by Gasteiger charge is -2.18. The van der Waals surface area contributed by atoms with Crippen molar-refractivity contribution in [2.45, 2.75) is 12.5 Å². The average molecular weight is 197 g/mol. The van der Waals surface area contributed by atoms with Gasteiger partial charge in [0.1, 0.15) is 0 Å².